The zero-order valence-corrected chi connectivity index (χ0v) is 11.3. The smallest absolute Gasteiger partial charge is 0.289 e. The van der Waals surface area contributed by atoms with Gasteiger partial charge in [-0.1, -0.05) is 0 Å². The van der Waals surface area contributed by atoms with E-state index in [0.717, 1.165) is 12.3 Å². The third-order valence-electron chi connectivity index (χ3n) is 3.16. The molecule has 0 bridgehead atoms. The number of nitrogens with one attached hydrogen (secondary N) is 1. The fraction of sp³-hybridized carbons (Fsp3) is 0.500. The van der Waals surface area contributed by atoms with E-state index in [1.807, 2.05) is 6.07 Å². The van der Waals surface area contributed by atoms with E-state index in [1.165, 1.54) is 0 Å². The molecule has 0 fully saturated rings. The molecular formula is C12H16N4O3. The van der Waals surface area contributed by atoms with Gasteiger partial charge in [-0.25, -0.2) is 4.98 Å². The number of hydrogen-bond acceptors (Lipinski definition) is 6. The molecule has 0 aliphatic rings. The van der Waals surface area contributed by atoms with Crippen LogP contribution in [0.15, 0.2) is 12.3 Å². The average Bonchev–Trinajstić information content (AvgIpc) is 2.27. The van der Waals surface area contributed by atoms with Crippen LogP contribution in [0.2, 0.25) is 0 Å². The van der Waals surface area contributed by atoms with E-state index in [2.05, 4.69) is 10.3 Å². The first-order chi connectivity index (χ1) is 8.58. The van der Waals surface area contributed by atoms with E-state index in [4.69, 9.17) is 5.26 Å². The van der Waals surface area contributed by atoms with E-state index >= 15 is 0 Å². The second-order valence-electron chi connectivity index (χ2n) is 5.27. The molecule has 1 rings (SSSR count). The summed E-state index contributed by atoms with van der Waals surface area (Å²) in [4.78, 5) is 13.9. The highest BCUT2D eigenvalue weighted by atomic mass is 16.6. The molecule has 1 aromatic heterocycles. The van der Waals surface area contributed by atoms with Crippen LogP contribution in [0.3, 0.4) is 0 Å². The molecular weight excluding hydrogens is 248 g/mol. The Bertz CT molecular complexity index is 541. The Morgan fingerprint density at radius 3 is 2.47 bits per heavy atom. The van der Waals surface area contributed by atoms with Crippen LogP contribution < -0.4 is 5.32 Å². The van der Waals surface area contributed by atoms with Crippen molar-refractivity contribution in [3.8, 4) is 6.07 Å². The van der Waals surface area contributed by atoms with Crippen molar-refractivity contribution in [3.05, 3.63) is 27.9 Å². The molecule has 0 aliphatic carbocycles. The number of hydrogen-bond donors (Lipinski definition) is 2. The highest BCUT2D eigenvalue weighted by Gasteiger charge is 2.35. The molecule has 1 heterocycles. The van der Waals surface area contributed by atoms with Gasteiger partial charge in [0.05, 0.1) is 16.1 Å². The highest BCUT2D eigenvalue weighted by Crippen LogP contribution is 2.27. The molecule has 2 N–H and O–H groups in total. The van der Waals surface area contributed by atoms with Gasteiger partial charge >= 0.3 is 0 Å². The molecule has 7 heteroatoms. The van der Waals surface area contributed by atoms with E-state index in [-0.39, 0.29) is 17.1 Å². The first-order valence-corrected chi connectivity index (χ1v) is 5.63. The number of nitrogens with zero attached hydrogens (tertiary/aromatic N) is 3. The van der Waals surface area contributed by atoms with Crippen LogP contribution in [0.25, 0.3) is 0 Å². The number of nitriles is 1. The van der Waals surface area contributed by atoms with Crippen molar-refractivity contribution in [1.82, 2.24) is 4.98 Å². The number of pyridine rings is 1. The van der Waals surface area contributed by atoms with Gasteiger partial charge in [0.15, 0.2) is 0 Å². The second-order valence-corrected chi connectivity index (χ2v) is 5.27. The zero-order chi connectivity index (χ0) is 14.8. The number of aliphatic hydroxyl groups is 1. The largest absolute Gasteiger partial charge is 0.388 e. The molecule has 102 valence electrons. The molecule has 1 aromatic rings. The molecule has 0 aromatic carbocycles. The van der Waals surface area contributed by atoms with Gasteiger partial charge in [-0.2, -0.15) is 5.26 Å². The van der Waals surface area contributed by atoms with Crippen LogP contribution in [-0.4, -0.2) is 26.2 Å². The van der Waals surface area contributed by atoms with E-state index < -0.39 is 16.1 Å². The van der Waals surface area contributed by atoms with Gasteiger partial charge in [0, 0.05) is 6.07 Å². The molecule has 0 unspecified atom stereocenters. The van der Waals surface area contributed by atoms with Gasteiger partial charge in [0.2, 0.25) is 0 Å². The minimum Gasteiger partial charge on any atom is -0.388 e. The van der Waals surface area contributed by atoms with Crippen molar-refractivity contribution in [2.24, 2.45) is 0 Å². The first-order valence-electron chi connectivity index (χ1n) is 5.63. The van der Waals surface area contributed by atoms with Crippen molar-refractivity contribution < 1.29 is 10.0 Å². The summed E-state index contributed by atoms with van der Waals surface area (Å²) in [5.74, 6) is 0.209. The number of aromatic nitrogens is 1. The lowest BCUT2D eigenvalue weighted by atomic mass is 9.86. The minimum absolute atomic E-state index is 0.0616. The molecule has 0 saturated carbocycles. The molecule has 0 aliphatic heterocycles. The Balaban J connectivity index is 3.17. The Hall–Kier alpha value is -2.20. The zero-order valence-electron chi connectivity index (χ0n) is 11.3. The molecule has 7 nitrogen and oxygen atoms in total. The fourth-order valence-corrected chi connectivity index (χ4v) is 1.19. The monoisotopic (exact) mass is 264 g/mol. The van der Waals surface area contributed by atoms with E-state index in [9.17, 15) is 15.2 Å². The van der Waals surface area contributed by atoms with Gasteiger partial charge < -0.3 is 10.4 Å². The quantitative estimate of drug-likeness (QED) is 0.633. The third-order valence-corrected chi connectivity index (χ3v) is 3.16. The fourth-order valence-electron chi connectivity index (χ4n) is 1.19. The maximum Gasteiger partial charge on any atom is 0.289 e. The molecule has 19 heavy (non-hydrogen) atoms. The van der Waals surface area contributed by atoms with Gasteiger partial charge in [0.25, 0.3) is 5.69 Å². The van der Waals surface area contributed by atoms with Crippen molar-refractivity contribution in [3.63, 3.8) is 0 Å². The van der Waals surface area contributed by atoms with Crippen LogP contribution in [-0.2, 0) is 0 Å². The number of nitro groups is 1. The molecule has 0 radical (unpaired) electrons. The average molecular weight is 264 g/mol. The molecule has 0 atom stereocenters. The maximum atomic E-state index is 10.6. The summed E-state index contributed by atoms with van der Waals surface area (Å²) in [5.41, 5.74) is -2.01. The number of anilines is 1. The second kappa shape index (κ2) is 4.82. The van der Waals surface area contributed by atoms with Crippen molar-refractivity contribution in [2.45, 2.75) is 38.8 Å². The van der Waals surface area contributed by atoms with Gasteiger partial charge in [-0.3, -0.25) is 10.1 Å². The summed E-state index contributed by atoms with van der Waals surface area (Å²) in [5, 5.41) is 32.6. The Morgan fingerprint density at radius 2 is 2.05 bits per heavy atom. The third kappa shape index (κ3) is 3.17. The lowest BCUT2D eigenvalue weighted by molar-refractivity contribution is -0.385. The van der Waals surface area contributed by atoms with Crippen LogP contribution in [0, 0.1) is 21.4 Å². The van der Waals surface area contributed by atoms with E-state index in [0.29, 0.717) is 0 Å². The Morgan fingerprint density at radius 1 is 1.47 bits per heavy atom. The summed E-state index contributed by atoms with van der Waals surface area (Å²) in [6.45, 7) is 6.74. The summed E-state index contributed by atoms with van der Waals surface area (Å²) in [6, 6.07) is 3.00. The predicted octanol–water partition coefficient (Wildman–Crippen LogP) is 1.82. The Kier molecular flexibility index (Phi) is 3.77. The highest BCUT2D eigenvalue weighted by molar-refractivity contribution is 5.56. The summed E-state index contributed by atoms with van der Waals surface area (Å²) >= 11 is 0. The SMILES string of the molecule is CC(C)(O)C(C)(C)Nc1ncc([N+](=O)[O-])cc1C#N. The van der Waals surface area contributed by atoms with Crippen LogP contribution in [0.5, 0.6) is 0 Å². The topological polar surface area (TPSA) is 112 Å². The van der Waals surface area contributed by atoms with Crippen molar-refractivity contribution in [1.29, 1.82) is 5.26 Å². The van der Waals surface area contributed by atoms with Crippen LogP contribution in [0.1, 0.15) is 33.3 Å². The lowest BCUT2D eigenvalue weighted by Gasteiger charge is -2.38. The maximum absolute atomic E-state index is 10.6. The van der Waals surface area contributed by atoms with Gasteiger partial charge in [-0.15, -0.1) is 0 Å². The Labute approximate surface area is 111 Å². The summed E-state index contributed by atoms with van der Waals surface area (Å²) in [7, 11) is 0. The van der Waals surface area contributed by atoms with Gasteiger partial charge in [-0.05, 0) is 27.7 Å². The van der Waals surface area contributed by atoms with Crippen molar-refractivity contribution in [2.75, 3.05) is 5.32 Å². The molecule has 0 saturated heterocycles. The molecule has 0 spiro atoms. The van der Waals surface area contributed by atoms with E-state index in [1.54, 1.807) is 27.7 Å². The van der Waals surface area contributed by atoms with Crippen LogP contribution in [0.4, 0.5) is 11.5 Å². The number of rotatable bonds is 4. The minimum atomic E-state index is -1.07. The summed E-state index contributed by atoms with van der Waals surface area (Å²) in [6.07, 6.45) is 1.07. The summed E-state index contributed by atoms with van der Waals surface area (Å²) < 4.78 is 0. The van der Waals surface area contributed by atoms with Crippen LogP contribution >= 0.6 is 0 Å². The lowest BCUT2D eigenvalue weighted by Crippen LogP contribution is -2.51. The predicted molar refractivity (Wildman–Crippen MR) is 69.6 cm³/mol. The first kappa shape index (κ1) is 14.9. The normalized spacial score (nSPS) is 11.8. The standard InChI is InChI=1S/C12H16N4O3/c1-11(2,12(3,4)17)15-10-8(6-13)5-9(7-14-10)16(18)19/h5,7,17H,1-4H3,(H,14,15). The molecule has 0 amide bonds. The van der Waals surface area contributed by atoms with Gasteiger partial charge in [0.1, 0.15) is 23.6 Å². The van der Waals surface area contributed by atoms with Crippen molar-refractivity contribution >= 4 is 11.5 Å².